The molecule has 0 radical (unpaired) electrons. The van der Waals surface area contributed by atoms with Gasteiger partial charge in [-0.3, -0.25) is 4.98 Å². The van der Waals surface area contributed by atoms with Crippen molar-refractivity contribution in [3.05, 3.63) is 84.1 Å². The first-order valence-corrected chi connectivity index (χ1v) is 8.47. The minimum absolute atomic E-state index is 0.0591. The fraction of sp³-hybridized carbons (Fsp3) is 0.190. The number of nitrogens with two attached hydrogens (primary N) is 1. The van der Waals surface area contributed by atoms with E-state index in [1.165, 1.54) is 0 Å². The maximum absolute atomic E-state index is 14.1. The highest BCUT2D eigenvalue weighted by Crippen LogP contribution is 2.42. The van der Waals surface area contributed by atoms with E-state index in [-0.39, 0.29) is 11.9 Å². The molecule has 3 nitrogen and oxygen atoms in total. The predicted molar refractivity (Wildman–Crippen MR) is 99.0 cm³/mol. The summed E-state index contributed by atoms with van der Waals surface area (Å²) in [5.74, 6) is 0.241. The van der Waals surface area contributed by atoms with Crippen LogP contribution in [-0.2, 0) is 0 Å². The van der Waals surface area contributed by atoms with Gasteiger partial charge in [0.05, 0.1) is 11.7 Å². The number of allylic oxidation sites excluding steroid dienone is 2. The molecule has 25 heavy (non-hydrogen) atoms. The number of nitrogens with one attached hydrogen (secondary N) is 1. The van der Waals surface area contributed by atoms with E-state index in [4.69, 9.17) is 5.73 Å². The van der Waals surface area contributed by atoms with Crippen LogP contribution in [0.1, 0.15) is 29.9 Å². The van der Waals surface area contributed by atoms with Gasteiger partial charge in [0, 0.05) is 29.2 Å². The lowest BCUT2D eigenvalue weighted by Crippen LogP contribution is -2.29. The molecule has 1 aromatic carbocycles. The van der Waals surface area contributed by atoms with Crippen molar-refractivity contribution >= 4 is 5.57 Å². The van der Waals surface area contributed by atoms with Crippen LogP contribution in [0, 0.1) is 5.82 Å². The lowest BCUT2D eigenvalue weighted by atomic mass is 9.95. The molecular weight excluding hydrogens is 313 g/mol. The smallest absolute Gasteiger partial charge is 0.126 e. The molecule has 126 valence electrons. The minimum atomic E-state index is -0.119. The molecule has 2 aromatic rings. The van der Waals surface area contributed by atoms with Gasteiger partial charge in [-0.25, -0.2) is 4.39 Å². The van der Waals surface area contributed by atoms with Crippen molar-refractivity contribution in [3.63, 3.8) is 0 Å². The molecule has 1 unspecified atom stereocenters. The molecule has 0 spiro atoms. The van der Waals surface area contributed by atoms with E-state index >= 15 is 0 Å². The first kappa shape index (κ1) is 15.6. The summed E-state index contributed by atoms with van der Waals surface area (Å²) < 4.78 is 14.1. The summed E-state index contributed by atoms with van der Waals surface area (Å²) in [5, 5.41) is 3.23. The number of aromatic nitrogens is 1. The SMILES string of the molecule is C=C(N)C1C=CC(c2cccnc2-c2ccc(F)c(C3CC3)c2)=CN1. The first-order valence-electron chi connectivity index (χ1n) is 8.47. The predicted octanol–water partition coefficient (Wildman–Crippen LogP) is 4.11. The van der Waals surface area contributed by atoms with Crippen molar-refractivity contribution in [2.45, 2.75) is 24.8 Å². The van der Waals surface area contributed by atoms with Crippen LogP contribution in [0.4, 0.5) is 4.39 Å². The Morgan fingerprint density at radius 2 is 2.12 bits per heavy atom. The van der Waals surface area contributed by atoms with E-state index < -0.39 is 0 Å². The van der Waals surface area contributed by atoms with Gasteiger partial charge in [0.1, 0.15) is 5.82 Å². The van der Waals surface area contributed by atoms with E-state index in [0.717, 1.165) is 40.8 Å². The lowest BCUT2D eigenvalue weighted by molar-refractivity contribution is 0.611. The third-order valence-electron chi connectivity index (χ3n) is 4.69. The minimum Gasteiger partial charge on any atom is -0.401 e. The van der Waals surface area contributed by atoms with E-state index in [9.17, 15) is 4.39 Å². The summed E-state index contributed by atoms with van der Waals surface area (Å²) in [4.78, 5) is 4.56. The fourth-order valence-corrected chi connectivity index (χ4v) is 3.15. The number of halogens is 1. The van der Waals surface area contributed by atoms with E-state index in [1.807, 2.05) is 36.6 Å². The molecule has 1 aliphatic carbocycles. The number of nitrogens with zero attached hydrogens (tertiary/aromatic N) is 1. The summed E-state index contributed by atoms with van der Waals surface area (Å²) in [6.45, 7) is 3.77. The van der Waals surface area contributed by atoms with Gasteiger partial charge in [0.2, 0.25) is 0 Å². The van der Waals surface area contributed by atoms with Crippen molar-refractivity contribution in [1.29, 1.82) is 0 Å². The van der Waals surface area contributed by atoms with Crippen LogP contribution < -0.4 is 11.1 Å². The van der Waals surface area contributed by atoms with Gasteiger partial charge in [-0.2, -0.15) is 0 Å². The molecule has 1 fully saturated rings. The molecule has 0 bridgehead atoms. The zero-order chi connectivity index (χ0) is 17.4. The second-order valence-electron chi connectivity index (χ2n) is 6.59. The molecule has 2 aliphatic rings. The number of hydrogen-bond donors (Lipinski definition) is 2. The summed E-state index contributed by atoms with van der Waals surface area (Å²) in [7, 11) is 0. The van der Waals surface area contributed by atoms with Crippen molar-refractivity contribution < 1.29 is 4.39 Å². The molecular formula is C21H20FN3. The van der Waals surface area contributed by atoms with E-state index in [0.29, 0.717) is 11.6 Å². The zero-order valence-electron chi connectivity index (χ0n) is 13.9. The Morgan fingerprint density at radius 1 is 1.28 bits per heavy atom. The van der Waals surface area contributed by atoms with Crippen LogP contribution in [0.2, 0.25) is 0 Å². The number of rotatable bonds is 4. The third-order valence-corrected chi connectivity index (χ3v) is 4.69. The van der Waals surface area contributed by atoms with E-state index in [1.54, 1.807) is 18.3 Å². The molecule has 1 aromatic heterocycles. The summed E-state index contributed by atoms with van der Waals surface area (Å²) in [5.41, 5.74) is 10.9. The first-order chi connectivity index (χ1) is 12.1. The van der Waals surface area contributed by atoms with Gasteiger partial charge in [-0.05, 0) is 54.2 Å². The fourth-order valence-electron chi connectivity index (χ4n) is 3.15. The standard InChI is InChI=1S/C21H20FN3/c1-13(23)20-9-7-16(12-25-20)17-3-2-10-24-21(17)15-6-8-19(22)18(11-15)14-4-5-14/h2-3,6-12,14,20,25H,1,4-5,23H2. The lowest BCUT2D eigenvalue weighted by Gasteiger charge is -2.19. The van der Waals surface area contributed by atoms with Crippen molar-refractivity contribution in [3.8, 4) is 11.3 Å². The number of pyridine rings is 1. The van der Waals surface area contributed by atoms with Gasteiger partial charge in [-0.1, -0.05) is 24.8 Å². The Morgan fingerprint density at radius 3 is 2.80 bits per heavy atom. The summed E-state index contributed by atoms with van der Waals surface area (Å²) >= 11 is 0. The van der Waals surface area contributed by atoms with Crippen LogP contribution in [0.15, 0.2) is 67.2 Å². The molecule has 0 amide bonds. The second-order valence-corrected chi connectivity index (χ2v) is 6.59. The normalized spacial score (nSPS) is 19.2. The molecule has 1 aliphatic heterocycles. The Bertz CT molecular complexity index is 894. The number of hydrogen-bond acceptors (Lipinski definition) is 3. The summed E-state index contributed by atoms with van der Waals surface area (Å²) in [6.07, 6.45) is 9.83. The molecule has 2 heterocycles. The maximum Gasteiger partial charge on any atom is 0.126 e. The topological polar surface area (TPSA) is 50.9 Å². The van der Waals surface area contributed by atoms with E-state index in [2.05, 4.69) is 16.9 Å². The third kappa shape index (κ3) is 3.07. The van der Waals surface area contributed by atoms with Gasteiger partial charge in [0.25, 0.3) is 0 Å². The van der Waals surface area contributed by atoms with Gasteiger partial charge in [0.15, 0.2) is 0 Å². The molecule has 3 N–H and O–H groups in total. The van der Waals surface area contributed by atoms with Gasteiger partial charge in [-0.15, -0.1) is 0 Å². The molecule has 4 heteroatoms. The van der Waals surface area contributed by atoms with Gasteiger partial charge >= 0.3 is 0 Å². The Hall–Kier alpha value is -2.88. The van der Waals surface area contributed by atoms with Crippen molar-refractivity contribution in [2.75, 3.05) is 0 Å². The van der Waals surface area contributed by atoms with Crippen LogP contribution in [0.25, 0.3) is 16.8 Å². The Labute approximate surface area is 146 Å². The quantitative estimate of drug-likeness (QED) is 0.885. The van der Waals surface area contributed by atoms with Gasteiger partial charge < -0.3 is 11.1 Å². The summed E-state index contributed by atoms with van der Waals surface area (Å²) in [6, 6.07) is 9.18. The van der Waals surface area contributed by atoms with Crippen LogP contribution in [-0.4, -0.2) is 11.0 Å². The largest absolute Gasteiger partial charge is 0.401 e. The Kier molecular flexibility index (Phi) is 3.88. The monoisotopic (exact) mass is 333 g/mol. The number of benzene rings is 1. The molecule has 1 saturated carbocycles. The maximum atomic E-state index is 14.1. The highest BCUT2D eigenvalue weighted by atomic mass is 19.1. The molecule has 0 saturated heterocycles. The molecule has 4 rings (SSSR count). The van der Waals surface area contributed by atoms with Crippen LogP contribution >= 0.6 is 0 Å². The van der Waals surface area contributed by atoms with Crippen molar-refractivity contribution in [1.82, 2.24) is 10.3 Å². The zero-order valence-corrected chi connectivity index (χ0v) is 13.9. The average molecular weight is 333 g/mol. The average Bonchev–Trinajstić information content (AvgIpc) is 3.47. The highest BCUT2D eigenvalue weighted by molar-refractivity contribution is 5.84. The number of dihydropyridines is 1. The second kappa shape index (κ2) is 6.20. The Balaban J connectivity index is 1.72. The highest BCUT2D eigenvalue weighted by Gasteiger charge is 2.27. The van der Waals surface area contributed by atoms with Crippen LogP contribution in [0.5, 0.6) is 0 Å². The van der Waals surface area contributed by atoms with Crippen molar-refractivity contribution in [2.24, 2.45) is 5.73 Å². The van der Waals surface area contributed by atoms with Crippen LogP contribution in [0.3, 0.4) is 0 Å². The molecule has 1 atom stereocenters.